The lowest BCUT2D eigenvalue weighted by atomic mass is 10.0. The quantitative estimate of drug-likeness (QED) is 0.273. The molecule has 0 bridgehead atoms. The summed E-state index contributed by atoms with van der Waals surface area (Å²) >= 11 is 0. The molecule has 0 spiro atoms. The van der Waals surface area contributed by atoms with Gasteiger partial charge < -0.3 is 9.84 Å². The Balaban J connectivity index is 1.74. The van der Waals surface area contributed by atoms with Gasteiger partial charge in [0.2, 0.25) is 0 Å². The van der Waals surface area contributed by atoms with Gasteiger partial charge in [-0.25, -0.2) is 9.78 Å². The van der Waals surface area contributed by atoms with Gasteiger partial charge in [0.15, 0.2) is 11.9 Å². The van der Waals surface area contributed by atoms with E-state index in [1.165, 1.54) is 25.3 Å². The van der Waals surface area contributed by atoms with Crippen molar-refractivity contribution in [2.75, 3.05) is 0 Å². The number of alkyl halides is 3. The van der Waals surface area contributed by atoms with Crippen LogP contribution < -0.4 is 10.3 Å². The van der Waals surface area contributed by atoms with Crippen LogP contribution in [0.1, 0.15) is 18.1 Å². The van der Waals surface area contributed by atoms with Gasteiger partial charge in [-0.15, -0.1) is 0 Å². The highest BCUT2D eigenvalue weighted by Crippen LogP contribution is 2.32. The summed E-state index contributed by atoms with van der Waals surface area (Å²) in [4.78, 5) is 29.4. The zero-order chi connectivity index (χ0) is 27.7. The number of aromatic nitrogens is 2. The maximum Gasteiger partial charge on any atom is 0.416 e. The number of para-hydroxylation sites is 1. The Kier molecular flexibility index (Phi) is 6.61. The van der Waals surface area contributed by atoms with Crippen LogP contribution in [0.3, 0.4) is 0 Å². The number of benzene rings is 4. The molecule has 10 heteroatoms. The van der Waals surface area contributed by atoms with Crippen LogP contribution in [0.2, 0.25) is 0 Å². The van der Waals surface area contributed by atoms with Crippen LogP contribution in [-0.4, -0.2) is 33.1 Å². The van der Waals surface area contributed by atoms with Crippen molar-refractivity contribution in [2.24, 2.45) is 5.10 Å². The number of hydrogen-bond acceptors (Lipinski definition) is 5. The standard InChI is InChI=1S/C29H20F3N3O4/c1-17(28(37)38)39-25-14-13-18-7-2-3-10-21(18)23(25)16-33-35-26(19-8-6-9-20(15-19)29(30,31)32)34-24-12-5-4-11-22(24)27(35)36/h2-17H,1H3,(H,37,38)/t17-/m1/s1. The lowest BCUT2D eigenvalue weighted by molar-refractivity contribution is -0.144. The van der Waals surface area contributed by atoms with Gasteiger partial charge in [-0.2, -0.15) is 22.9 Å². The molecule has 0 aliphatic heterocycles. The molecule has 1 atom stereocenters. The predicted octanol–water partition coefficient (Wildman–Crippen LogP) is 5.97. The lowest BCUT2D eigenvalue weighted by Crippen LogP contribution is -2.23. The van der Waals surface area contributed by atoms with Crippen LogP contribution >= 0.6 is 0 Å². The summed E-state index contributed by atoms with van der Waals surface area (Å²) in [6, 6.07) is 21.5. The summed E-state index contributed by atoms with van der Waals surface area (Å²) in [6.07, 6.45) is -4.46. The molecular weight excluding hydrogens is 511 g/mol. The molecule has 0 saturated carbocycles. The molecular formula is C29H20F3N3O4. The minimum Gasteiger partial charge on any atom is -0.479 e. The molecule has 0 unspecified atom stereocenters. The molecule has 1 N–H and O–H groups in total. The molecule has 7 nitrogen and oxygen atoms in total. The minimum absolute atomic E-state index is 0.0405. The van der Waals surface area contributed by atoms with Gasteiger partial charge >= 0.3 is 12.1 Å². The second-order valence-electron chi connectivity index (χ2n) is 8.69. The number of rotatable bonds is 6. The fourth-order valence-corrected chi connectivity index (χ4v) is 4.12. The summed E-state index contributed by atoms with van der Waals surface area (Å²) in [5.74, 6) is -1.06. The van der Waals surface area contributed by atoms with Gasteiger partial charge in [0.05, 0.1) is 22.7 Å². The first-order valence-corrected chi connectivity index (χ1v) is 11.8. The van der Waals surface area contributed by atoms with Crippen LogP contribution in [0.4, 0.5) is 13.2 Å². The van der Waals surface area contributed by atoms with Crippen molar-refractivity contribution in [3.8, 4) is 17.1 Å². The van der Waals surface area contributed by atoms with Gasteiger partial charge in [0, 0.05) is 11.1 Å². The minimum atomic E-state index is -4.60. The average Bonchev–Trinajstić information content (AvgIpc) is 2.92. The second-order valence-corrected chi connectivity index (χ2v) is 8.69. The molecule has 0 radical (unpaired) electrons. The third-order valence-electron chi connectivity index (χ3n) is 6.09. The highest BCUT2D eigenvalue weighted by Gasteiger charge is 2.31. The fraction of sp³-hybridized carbons (Fsp3) is 0.103. The molecule has 0 aliphatic rings. The maximum atomic E-state index is 13.5. The second kappa shape index (κ2) is 10.1. The number of carboxylic acid groups (broad SMARTS) is 1. The van der Waals surface area contributed by atoms with E-state index in [0.717, 1.165) is 22.2 Å². The van der Waals surface area contributed by atoms with Crippen molar-refractivity contribution in [3.05, 3.63) is 106 Å². The van der Waals surface area contributed by atoms with Crippen LogP contribution in [0, 0.1) is 0 Å². The van der Waals surface area contributed by atoms with E-state index in [1.54, 1.807) is 48.5 Å². The van der Waals surface area contributed by atoms with Gasteiger partial charge in [0.25, 0.3) is 5.56 Å². The summed E-state index contributed by atoms with van der Waals surface area (Å²) in [5.41, 5.74) is -0.767. The third-order valence-corrected chi connectivity index (χ3v) is 6.09. The molecule has 0 saturated heterocycles. The van der Waals surface area contributed by atoms with E-state index >= 15 is 0 Å². The summed E-state index contributed by atoms with van der Waals surface area (Å²) in [5, 5.41) is 15.4. The first-order chi connectivity index (χ1) is 18.6. The van der Waals surface area contributed by atoms with Crippen molar-refractivity contribution < 1.29 is 27.8 Å². The molecule has 1 aromatic heterocycles. The third kappa shape index (κ3) is 5.08. The SMILES string of the molecule is C[C@@H](Oc1ccc2ccccc2c1C=Nn1c(-c2cccc(C(F)(F)F)c2)nc2ccccc2c1=O)C(=O)O. The van der Waals surface area contributed by atoms with Gasteiger partial charge in [-0.1, -0.05) is 54.6 Å². The Labute approximate surface area is 219 Å². The van der Waals surface area contributed by atoms with E-state index in [9.17, 15) is 27.9 Å². The number of fused-ring (bicyclic) bond motifs is 2. The molecule has 1 heterocycles. The number of carboxylic acids is 1. The summed E-state index contributed by atoms with van der Waals surface area (Å²) in [6.45, 7) is 1.38. The van der Waals surface area contributed by atoms with Crippen molar-refractivity contribution in [3.63, 3.8) is 0 Å². The highest BCUT2D eigenvalue weighted by atomic mass is 19.4. The first kappa shape index (κ1) is 25.7. The maximum absolute atomic E-state index is 13.5. The monoisotopic (exact) mass is 531 g/mol. The molecule has 196 valence electrons. The first-order valence-electron chi connectivity index (χ1n) is 11.8. The van der Waals surface area contributed by atoms with Crippen molar-refractivity contribution >= 4 is 33.9 Å². The predicted molar refractivity (Wildman–Crippen MR) is 141 cm³/mol. The topological polar surface area (TPSA) is 93.8 Å². The number of ether oxygens (including phenoxy) is 1. The summed E-state index contributed by atoms with van der Waals surface area (Å²) in [7, 11) is 0. The molecule has 4 aromatic carbocycles. The van der Waals surface area contributed by atoms with Gasteiger partial charge in [0.1, 0.15) is 5.75 Å². The Morgan fingerprint density at radius 1 is 1.00 bits per heavy atom. The molecule has 0 aliphatic carbocycles. The zero-order valence-electron chi connectivity index (χ0n) is 20.4. The van der Waals surface area contributed by atoms with Crippen LogP contribution in [0.25, 0.3) is 33.1 Å². The molecule has 5 rings (SSSR count). The van der Waals surface area contributed by atoms with E-state index in [0.29, 0.717) is 16.5 Å². The van der Waals surface area contributed by atoms with Crippen molar-refractivity contribution in [2.45, 2.75) is 19.2 Å². The molecule has 0 fully saturated rings. The normalized spacial score (nSPS) is 12.7. The lowest BCUT2D eigenvalue weighted by Gasteiger charge is -2.15. The Morgan fingerprint density at radius 2 is 1.72 bits per heavy atom. The molecule has 5 aromatic rings. The average molecular weight is 531 g/mol. The van der Waals surface area contributed by atoms with Crippen molar-refractivity contribution in [1.29, 1.82) is 0 Å². The molecule has 0 amide bonds. The fourth-order valence-electron chi connectivity index (χ4n) is 4.12. The molecule has 39 heavy (non-hydrogen) atoms. The van der Waals surface area contributed by atoms with Gasteiger partial charge in [-0.3, -0.25) is 4.79 Å². The number of nitrogens with zero attached hydrogens (tertiary/aromatic N) is 3. The van der Waals surface area contributed by atoms with Crippen molar-refractivity contribution in [1.82, 2.24) is 9.66 Å². The van der Waals surface area contributed by atoms with E-state index in [1.807, 2.05) is 12.1 Å². The Morgan fingerprint density at radius 3 is 2.46 bits per heavy atom. The van der Waals surface area contributed by atoms with E-state index in [2.05, 4.69) is 10.1 Å². The highest BCUT2D eigenvalue weighted by molar-refractivity contribution is 6.02. The van der Waals surface area contributed by atoms with Gasteiger partial charge in [-0.05, 0) is 48.0 Å². The number of halogens is 3. The Hall–Kier alpha value is -4.99. The van der Waals surface area contributed by atoms with Crippen LogP contribution in [-0.2, 0) is 11.0 Å². The largest absolute Gasteiger partial charge is 0.479 e. The van der Waals surface area contributed by atoms with Crippen LogP contribution in [0.5, 0.6) is 5.75 Å². The van der Waals surface area contributed by atoms with E-state index in [4.69, 9.17) is 4.74 Å². The smallest absolute Gasteiger partial charge is 0.416 e. The Bertz CT molecular complexity index is 1810. The van der Waals surface area contributed by atoms with Crippen LogP contribution in [0.15, 0.2) is 94.8 Å². The summed E-state index contributed by atoms with van der Waals surface area (Å²) < 4.78 is 47.0. The zero-order valence-corrected chi connectivity index (χ0v) is 20.4. The van der Waals surface area contributed by atoms with E-state index in [-0.39, 0.29) is 22.5 Å². The number of hydrogen-bond donors (Lipinski definition) is 1. The number of carbonyl (C=O) groups is 1. The number of aliphatic carboxylic acids is 1. The van der Waals surface area contributed by atoms with E-state index < -0.39 is 29.4 Å².